The average Bonchev–Trinajstić information content (AvgIpc) is 3.35. The average molecular weight is 288 g/mol. The summed E-state index contributed by atoms with van der Waals surface area (Å²) in [5.74, 6) is 0.903. The van der Waals surface area contributed by atoms with Crippen molar-refractivity contribution in [1.29, 1.82) is 0 Å². The Balaban J connectivity index is 1.70. The molecule has 1 aromatic carbocycles. The van der Waals surface area contributed by atoms with Crippen molar-refractivity contribution >= 4 is 0 Å². The van der Waals surface area contributed by atoms with Crippen LogP contribution in [0.25, 0.3) is 0 Å². The molecule has 2 aliphatic rings. The minimum absolute atomic E-state index is 0.466. The standard InChI is InChI=1S/C18H28N2O/c1-14(15-7-8-15)20(11-12-21-2)13-18-17-6-4-3-5-16(17)9-10-19-18/h3-6,14-15,18-19H,7-13H2,1-2H3. The van der Waals surface area contributed by atoms with Gasteiger partial charge in [-0.1, -0.05) is 24.3 Å². The quantitative estimate of drug-likeness (QED) is 0.835. The molecule has 2 unspecified atom stereocenters. The highest BCUT2D eigenvalue weighted by Gasteiger charge is 2.33. The summed E-state index contributed by atoms with van der Waals surface area (Å²) in [6, 6.07) is 10.1. The van der Waals surface area contributed by atoms with E-state index in [-0.39, 0.29) is 0 Å². The van der Waals surface area contributed by atoms with E-state index in [1.807, 2.05) is 0 Å². The molecule has 0 aromatic heterocycles. The number of fused-ring (bicyclic) bond motifs is 1. The molecular weight excluding hydrogens is 260 g/mol. The van der Waals surface area contributed by atoms with Gasteiger partial charge in [-0.05, 0) is 49.8 Å². The molecule has 1 aromatic rings. The van der Waals surface area contributed by atoms with Crippen molar-refractivity contribution < 1.29 is 4.74 Å². The second-order valence-electron chi connectivity index (χ2n) is 6.52. The van der Waals surface area contributed by atoms with E-state index in [2.05, 4.69) is 41.4 Å². The molecule has 2 atom stereocenters. The maximum atomic E-state index is 5.32. The summed E-state index contributed by atoms with van der Waals surface area (Å²) < 4.78 is 5.32. The van der Waals surface area contributed by atoms with Gasteiger partial charge in [0.1, 0.15) is 0 Å². The molecule has 1 heterocycles. The van der Waals surface area contributed by atoms with Crippen LogP contribution in [-0.4, -0.2) is 44.3 Å². The predicted octanol–water partition coefficient (Wildman–Crippen LogP) is 2.62. The van der Waals surface area contributed by atoms with Gasteiger partial charge in [-0.2, -0.15) is 0 Å². The molecule has 1 fully saturated rings. The number of methoxy groups -OCH3 is 1. The van der Waals surface area contributed by atoms with E-state index in [0.717, 1.165) is 38.6 Å². The molecular formula is C18H28N2O. The molecule has 0 saturated heterocycles. The Morgan fingerprint density at radius 3 is 2.90 bits per heavy atom. The summed E-state index contributed by atoms with van der Waals surface area (Å²) in [7, 11) is 1.80. The Bertz CT molecular complexity index is 458. The molecule has 1 aliphatic carbocycles. The van der Waals surface area contributed by atoms with Crippen molar-refractivity contribution in [2.45, 2.75) is 38.3 Å². The van der Waals surface area contributed by atoms with E-state index in [4.69, 9.17) is 4.74 Å². The first kappa shape index (κ1) is 15.0. The lowest BCUT2D eigenvalue weighted by molar-refractivity contribution is 0.107. The lowest BCUT2D eigenvalue weighted by atomic mass is 9.93. The summed E-state index contributed by atoms with van der Waals surface area (Å²) in [6.45, 7) is 6.44. The van der Waals surface area contributed by atoms with Crippen molar-refractivity contribution in [3.05, 3.63) is 35.4 Å². The first-order valence-electron chi connectivity index (χ1n) is 8.33. The predicted molar refractivity (Wildman–Crippen MR) is 86.5 cm³/mol. The Hall–Kier alpha value is -0.900. The van der Waals surface area contributed by atoms with Gasteiger partial charge in [0.05, 0.1) is 6.61 Å². The van der Waals surface area contributed by atoms with Crippen LogP contribution in [0.3, 0.4) is 0 Å². The molecule has 1 saturated carbocycles. The van der Waals surface area contributed by atoms with Crippen LogP contribution in [0.5, 0.6) is 0 Å². The zero-order valence-corrected chi connectivity index (χ0v) is 13.3. The van der Waals surface area contributed by atoms with Crippen LogP contribution in [0.15, 0.2) is 24.3 Å². The van der Waals surface area contributed by atoms with Crippen LogP contribution < -0.4 is 5.32 Å². The number of nitrogens with zero attached hydrogens (tertiary/aromatic N) is 1. The second kappa shape index (κ2) is 6.91. The molecule has 0 amide bonds. The summed E-state index contributed by atoms with van der Waals surface area (Å²) in [6.07, 6.45) is 3.96. The van der Waals surface area contributed by atoms with Gasteiger partial charge in [0, 0.05) is 32.3 Å². The first-order valence-corrected chi connectivity index (χ1v) is 8.33. The van der Waals surface area contributed by atoms with Crippen LogP contribution >= 0.6 is 0 Å². The van der Waals surface area contributed by atoms with E-state index in [1.165, 1.54) is 24.0 Å². The van der Waals surface area contributed by atoms with Gasteiger partial charge < -0.3 is 10.1 Å². The molecule has 0 bridgehead atoms. The summed E-state index contributed by atoms with van der Waals surface area (Å²) in [4.78, 5) is 2.63. The largest absolute Gasteiger partial charge is 0.383 e. The maximum absolute atomic E-state index is 5.32. The van der Waals surface area contributed by atoms with E-state index in [9.17, 15) is 0 Å². The molecule has 0 spiro atoms. The Kier molecular flexibility index (Phi) is 4.94. The SMILES string of the molecule is COCCN(CC1NCCc2ccccc21)C(C)C1CC1. The number of hydrogen-bond donors (Lipinski definition) is 1. The van der Waals surface area contributed by atoms with E-state index < -0.39 is 0 Å². The molecule has 1 aliphatic heterocycles. The van der Waals surface area contributed by atoms with Crippen molar-refractivity contribution in [1.82, 2.24) is 10.2 Å². The van der Waals surface area contributed by atoms with Crippen LogP contribution in [0, 0.1) is 5.92 Å². The van der Waals surface area contributed by atoms with Gasteiger partial charge in [0.15, 0.2) is 0 Å². The monoisotopic (exact) mass is 288 g/mol. The van der Waals surface area contributed by atoms with Gasteiger partial charge in [0.2, 0.25) is 0 Å². The van der Waals surface area contributed by atoms with Crippen LogP contribution in [0.4, 0.5) is 0 Å². The van der Waals surface area contributed by atoms with Crippen molar-refractivity contribution in [2.24, 2.45) is 5.92 Å². The number of rotatable bonds is 7. The highest BCUT2D eigenvalue weighted by atomic mass is 16.5. The van der Waals surface area contributed by atoms with E-state index in [0.29, 0.717) is 12.1 Å². The number of ether oxygens (including phenoxy) is 1. The van der Waals surface area contributed by atoms with E-state index >= 15 is 0 Å². The van der Waals surface area contributed by atoms with Crippen LogP contribution in [0.2, 0.25) is 0 Å². The molecule has 21 heavy (non-hydrogen) atoms. The Morgan fingerprint density at radius 1 is 1.33 bits per heavy atom. The highest BCUT2D eigenvalue weighted by molar-refractivity contribution is 5.32. The zero-order chi connectivity index (χ0) is 14.7. The van der Waals surface area contributed by atoms with Gasteiger partial charge >= 0.3 is 0 Å². The topological polar surface area (TPSA) is 24.5 Å². The van der Waals surface area contributed by atoms with Crippen LogP contribution in [-0.2, 0) is 11.2 Å². The molecule has 116 valence electrons. The van der Waals surface area contributed by atoms with Gasteiger partial charge in [0.25, 0.3) is 0 Å². The number of nitrogens with one attached hydrogen (secondary N) is 1. The fraction of sp³-hybridized carbons (Fsp3) is 0.667. The second-order valence-corrected chi connectivity index (χ2v) is 6.52. The zero-order valence-electron chi connectivity index (χ0n) is 13.3. The highest BCUT2D eigenvalue weighted by Crippen LogP contribution is 2.36. The third-order valence-electron chi connectivity index (χ3n) is 5.10. The summed E-state index contributed by atoms with van der Waals surface area (Å²) >= 11 is 0. The molecule has 3 nitrogen and oxygen atoms in total. The van der Waals surface area contributed by atoms with Gasteiger partial charge in [-0.15, -0.1) is 0 Å². The smallest absolute Gasteiger partial charge is 0.0589 e. The molecule has 3 rings (SSSR count). The first-order chi connectivity index (χ1) is 10.3. The minimum Gasteiger partial charge on any atom is -0.383 e. The maximum Gasteiger partial charge on any atom is 0.0589 e. The van der Waals surface area contributed by atoms with Crippen molar-refractivity contribution in [2.75, 3.05) is 33.4 Å². The minimum atomic E-state index is 0.466. The van der Waals surface area contributed by atoms with Crippen LogP contribution in [0.1, 0.15) is 36.9 Å². The fourth-order valence-electron chi connectivity index (χ4n) is 3.54. The third kappa shape index (κ3) is 3.65. The molecule has 0 radical (unpaired) electrons. The fourth-order valence-corrected chi connectivity index (χ4v) is 3.54. The normalized spacial score (nSPS) is 23.1. The lowest BCUT2D eigenvalue weighted by Gasteiger charge is -2.35. The lowest BCUT2D eigenvalue weighted by Crippen LogP contribution is -2.44. The summed E-state index contributed by atoms with van der Waals surface area (Å²) in [5.41, 5.74) is 3.01. The Labute approximate surface area is 128 Å². The molecule has 1 N–H and O–H groups in total. The summed E-state index contributed by atoms with van der Waals surface area (Å²) in [5, 5.41) is 3.71. The number of hydrogen-bond acceptors (Lipinski definition) is 3. The molecule has 3 heteroatoms. The van der Waals surface area contributed by atoms with Gasteiger partial charge in [-0.3, -0.25) is 4.90 Å². The number of benzene rings is 1. The van der Waals surface area contributed by atoms with E-state index in [1.54, 1.807) is 7.11 Å². The van der Waals surface area contributed by atoms with Crippen molar-refractivity contribution in [3.8, 4) is 0 Å². The Morgan fingerprint density at radius 2 is 2.14 bits per heavy atom. The van der Waals surface area contributed by atoms with Gasteiger partial charge in [-0.25, -0.2) is 0 Å². The third-order valence-corrected chi connectivity index (χ3v) is 5.10. The van der Waals surface area contributed by atoms with Crippen molar-refractivity contribution in [3.63, 3.8) is 0 Å².